The number of hydrogen-bond acceptors (Lipinski definition) is 8. The van der Waals surface area contributed by atoms with Gasteiger partial charge in [-0.05, 0) is 30.3 Å². The van der Waals surface area contributed by atoms with Crippen LogP contribution in [0.25, 0.3) is 0 Å². The summed E-state index contributed by atoms with van der Waals surface area (Å²) < 4.78 is 71.9. The predicted octanol–water partition coefficient (Wildman–Crippen LogP) is 2.84. The zero-order valence-electron chi connectivity index (χ0n) is 21.1. The molecule has 41 heavy (non-hydrogen) atoms. The average molecular weight is 579 g/mol. The highest BCUT2D eigenvalue weighted by molar-refractivity contribution is 5.92. The number of anilines is 1. The number of benzene rings is 1. The normalized spacial score (nSPS) is 12.1. The van der Waals surface area contributed by atoms with Crippen LogP contribution in [0.5, 0.6) is 5.75 Å². The highest BCUT2D eigenvalue weighted by Gasteiger charge is 2.31. The number of hydrogen-bond donors (Lipinski definition) is 2. The number of aromatic nitrogens is 7. The number of alkyl halides is 4. The maximum atomic E-state index is 14.6. The van der Waals surface area contributed by atoms with Crippen LogP contribution in [-0.4, -0.2) is 59.3 Å². The molecular weight excluding hydrogens is 557 g/mol. The van der Waals surface area contributed by atoms with E-state index in [1.165, 1.54) is 17.1 Å². The van der Waals surface area contributed by atoms with Gasteiger partial charge >= 0.3 is 6.36 Å². The Bertz CT molecular complexity index is 1480. The van der Waals surface area contributed by atoms with E-state index in [1.807, 2.05) is 0 Å². The van der Waals surface area contributed by atoms with Gasteiger partial charge < -0.3 is 15.4 Å². The third-order valence-electron chi connectivity index (χ3n) is 5.39. The molecule has 0 spiro atoms. The number of pyridine rings is 1. The van der Waals surface area contributed by atoms with Crippen LogP contribution in [0, 0.1) is 5.82 Å². The van der Waals surface area contributed by atoms with Crippen molar-refractivity contribution in [1.29, 1.82) is 0 Å². The second-order valence-electron chi connectivity index (χ2n) is 8.61. The summed E-state index contributed by atoms with van der Waals surface area (Å²) in [5.41, 5.74) is 0.132. The van der Waals surface area contributed by atoms with E-state index in [0.29, 0.717) is 5.69 Å². The van der Waals surface area contributed by atoms with Gasteiger partial charge in [0, 0.05) is 37.0 Å². The Hall–Kier alpha value is -4.96. The number of ether oxygens (including phenoxy) is 1. The Balaban J connectivity index is 1.21. The summed E-state index contributed by atoms with van der Waals surface area (Å²) >= 11 is 0. The number of carbonyl (C=O) groups is 2. The maximum Gasteiger partial charge on any atom is 0.573 e. The standard InChI is InChI=1S/C24H22F5N9O3/c25-16(6-8-37-14-21(34-36-37)32-22(39)10-17-3-1-2-7-30-17)12-38-13-20(33-35-38)23(40)31-11-15-9-18(4-5-19(15)26)41-24(27,28)29/h1-5,7,9,13-14,16H,6,8,10-12H2,(H,31,40)(H,32,39). The Kier molecular flexibility index (Phi) is 9.15. The lowest BCUT2D eigenvalue weighted by Crippen LogP contribution is -2.24. The molecule has 12 nitrogen and oxygen atoms in total. The smallest absolute Gasteiger partial charge is 0.406 e. The molecule has 0 aliphatic carbocycles. The highest BCUT2D eigenvalue weighted by atomic mass is 19.4. The van der Waals surface area contributed by atoms with Crippen molar-refractivity contribution in [2.45, 2.75) is 45.0 Å². The first-order valence-corrected chi connectivity index (χ1v) is 12.0. The van der Waals surface area contributed by atoms with Crippen LogP contribution < -0.4 is 15.4 Å². The minimum absolute atomic E-state index is 0.00167. The Morgan fingerprint density at radius 1 is 1.05 bits per heavy atom. The number of aryl methyl sites for hydroxylation is 1. The third kappa shape index (κ3) is 9.04. The number of carbonyl (C=O) groups excluding carboxylic acids is 2. The second-order valence-corrected chi connectivity index (χ2v) is 8.61. The SMILES string of the molecule is O=C(Cc1ccccn1)Nc1cn(CCC(F)Cn2cc(C(=O)NCc3cc(OC(F)(F)F)ccc3F)nn2)nn1. The molecule has 2 N–H and O–H groups in total. The van der Waals surface area contributed by atoms with Gasteiger partial charge in [-0.3, -0.25) is 19.3 Å². The fraction of sp³-hybridized carbons (Fsp3) is 0.292. The number of nitrogens with one attached hydrogen (secondary N) is 2. The Morgan fingerprint density at radius 2 is 1.85 bits per heavy atom. The molecule has 0 radical (unpaired) electrons. The van der Waals surface area contributed by atoms with Crippen molar-refractivity contribution in [3.05, 3.63) is 77.8 Å². The number of rotatable bonds is 12. The van der Waals surface area contributed by atoms with Crippen molar-refractivity contribution in [2.75, 3.05) is 5.32 Å². The fourth-order valence-corrected chi connectivity index (χ4v) is 3.53. The van der Waals surface area contributed by atoms with Crippen molar-refractivity contribution >= 4 is 17.6 Å². The maximum absolute atomic E-state index is 14.6. The van der Waals surface area contributed by atoms with Crippen molar-refractivity contribution in [1.82, 2.24) is 40.3 Å². The zero-order chi connectivity index (χ0) is 29.4. The summed E-state index contributed by atoms with van der Waals surface area (Å²) in [4.78, 5) is 28.5. The molecule has 0 fully saturated rings. The van der Waals surface area contributed by atoms with Crippen molar-refractivity contribution in [2.24, 2.45) is 0 Å². The number of halogens is 5. The second kappa shape index (κ2) is 12.9. The van der Waals surface area contributed by atoms with Crippen LogP contribution in [0.2, 0.25) is 0 Å². The van der Waals surface area contributed by atoms with Gasteiger partial charge in [-0.25, -0.2) is 13.5 Å². The molecule has 1 aromatic carbocycles. The minimum atomic E-state index is -4.96. The van der Waals surface area contributed by atoms with Gasteiger partial charge in [0.1, 0.15) is 17.7 Å². The van der Waals surface area contributed by atoms with E-state index in [-0.39, 0.29) is 48.9 Å². The van der Waals surface area contributed by atoms with Crippen LogP contribution in [-0.2, 0) is 30.8 Å². The van der Waals surface area contributed by atoms with Gasteiger partial charge in [0.05, 0.1) is 25.4 Å². The molecule has 4 rings (SSSR count). The van der Waals surface area contributed by atoms with Crippen LogP contribution in [0.3, 0.4) is 0 Å². The van der Waals surface area contributed by atoms with E-state index in [1.54, 1.807) is 24.4 Å². The zero-order valence-corrected chi connectivity index (χ0v) is 21.1. The molecule has 0 saturated heterocycles. The molecule has 2 amide bonds. The number of nitrogens with zero attached hydrogens (tertiary/aromatic N) is 7. The Labute approximate surface area is 228 Å². The fourth-order valence-electron chi connectivity index (χ4n) is 3.53. The molecule has 3 heterocycles. The molecule has 0 aliphatic rings. The van der Waals surface area contributed by atoms with Crippen LogP contribution in [0.4, 0.5) is 27.8 Å². The molecular formula is C24H22F5N9O3. The summed E-state index contributed by atoms with van der Waals surface area (Å²) in [5.74, 6) is -2.42. The monoisotopic (exact) mass is 579 g/mol. The predicted molar refractivity (Wildman–Crippen MR) is 130 cm³/mol. The van der Waals surface area contributed by atoms with Gasteiger partial charge in [-0.2, -0.15) is 0 Å². The highest BCUT2D eigenvalue weighted by Crippen LogP contribution is 2.24. The van der Waals surface area contributed by atoms with E-state index >= 15 is 0 Å². The summed E-state index contributed by atoms with van der Waals surface area (Å²) in [7, 11) is 0. The lowest BCUT2D eigenvalue weighted by molar-refractivity contribution is -0.274. The molecule has 216 valence electrons. The molecule has 1 unspecified atom stereocenters. The molecule has 3 aromatic heterocycles. The molecule has 0 bridgehead atoms. The minimum Gasteiger partial charge on any atom is -0.406 e. The summed E-state index contributed by atoms with van der Waals surface area (Å²) in [6.45, 7) is -0.565. The van der Waals surface area contributed by atoms with E-state index in [0.717, 1.165) is 22.9 Å². The van der Waals surface area contributed by atoms with Crippen LogP contribution in [0.15, 0.2) is 55.0 Å². The number of amides is 2. The van der Waals surface area contributed by atoms with Gasteiger partial charge in [-0.1, -0.05) is 16.5 Å². The molecule has 4 aromatic rings. The van der Waals surface area contributed by atoms with Gasteiger partial charge in [0.15, 0.2) is 11.5 Å². The Morgan fingerprint density at radius 3 is 2.61 bits per heavy atom. The van der Waals surface area contributed by atoms with E-state index in [2.05, 4.69) is 41.0 Å². The summed E-state index contributed by atoms with van der Waals surface area (Å²) in [5, 5.41) is 19.9. The molecule has 0 aliphatic heterocycles. The van der Waals surface area contributed by atoms with E-state index < -0.39 is 36.6 Å². The van der Waals surface area contributed by atoms with Gasteiger partial charge in [0.2, 0.25) is 5.91 Å². The van der Waals surface area contributed by atoms with Crippen LogP contribution in [0.1, 0.15) is 28.2 Å². The van der Waals surface area contributed by atoms with Crippen molar-refractivity contribution in [3.63, 3.8) is 0 Å². The van der Waals surface area contributed by atoms with Gasteiger partial charge in [0.25, 0.3) is 5.91 Å². The van der Waals surface area contributed by atoms with Crippen molar-refractivity contribution < 1.29 is 36.3 Å². The first-order chi connectivity index (χ1) is 19.5. The summed E-state index contributed by atoms with van der Waals surface area (Å²) in [6, 6.07) is 7.60. The quantitative estimate of drug-likeness (QED) is 0.244. The van der Waals surface area contributed by atoms with Crippen LogP contribution >= 0.6 is 0 Å². The third-order valence-corrected chi connectivity index (χ3v) is 5.39. The lowest BCUT2D eigenvalue weighted by Gasteiger charge is -2.11. The first-order valence-electron chi connectivity index (χ1n) is 12.0. The topological polar surface area (TPSA) is 142 Å². The van der Waals surface area contributed by atoms with Crippen molar-refractivity contribution in [3.8, 4) is 5.75 Å². The molecule has 0 saturated carbocycles. The lowest BCUT2D eigenvalue weighted by atomic mass is 10.2. The first kappa shape index (κ1) is 29.0. The average Bonchev–Trinajstić information content (AvgIpc) is 3.57. The molecule has 1 atom stereocenters. The van der Waals surface area contributed by atoms with E-state index in [4.69, 9.17) is 0 Å². The molecule has 17 heteroatoms. The van der Waals surface area contributed by atoms with Gasteiger partial charge in [-0.15, -0.1) is 23.4 Å². The summed E-state index contributed by atoms with van der Waals surface area (Å²) in [6.07, 6.45) is -2.11. The van der Waals surface area contributed by atoms with E-state index in [9.17, 15) is 31.5 Å². The largest absolute Gasteiger partial charge is 0.573 e.